The van der Waals surface area contributed by atoms with Gasteiger partial charge in [0.2, 0.25) is 0 Å². The third kappa shape index (κ3) is 4.99. The molecule has 0 spiro atoms. The van der Waals surface area contributed by atoms with E-state index in [4.69, 9.17) is 10.5 Å². The van der Waals surface area contributed by atoms with Gasteiger partial charge < -0.3 is 15.2 Å². The molecule has 19 heavy (non-hydrogen) atoms. The largest absolute Gasteiger partial charge is 0.482 e. The van der Waals surface area contributed by atoms with E-state index in [1.165, 1.54) is 5.56 Å². The molecule has 5 heteroatoms. The number of hydrogen-bond acceptors (Lipinski definition) is 4. The molecule has 0 saturated carbocycles. The number of hydrogen-bond donors (Lipinski definition) is 1. The molecule has 0 heterocycles. The Labute approximate surface area is 112 Å². The van der Waals surface area contributed by atoms with Gasteiger partial charge in [-0.1, -0.05) is 19.9 Å². The molecule has 0 atom stereocenters. The topological polar surface area (TPSA) is 78.6 Å². The van der Waals surface area contributed by atoms with Crippen LogP contribution < -0.4 is 10.5 Å². The van der Waals surface area contributed by atoms with Crippen molar-refractivity contribution in [3.05, 3.63) is 29.3 Å². The molecule has 0 fully saturated rings. The molecule has 0 aromatic heterocycles. The summed E-state index contributed by atoms with van der Waals surface area (Å²) in [5.74, 6) is -0.276. The minimum Gasteiger partial charge on any atom is -0.482 e. The molecule has 1 amide bonds. The van der Waals surface area contributed by atoms with E-state index in [9.17, 15) is 9.59 Å². The van der Waals surface area contributed by atoms with Crippen LogP contribution in [0.4, 0.5) is 0 Å². The summed E-state index contributed by atoms with van der Waals surface area (Å²) in [5, 5.41) is 0. The fourth-order valence-corrected chi connectivity index (χ4v) is 1.72. The van der Waals surface area contributed by atoms with Crippen molar-refractivity contribution in [2.24, 2.45) is 5.73 Å². The highest BCUT2D eigenvalue weighted by molar-refractivity contribution is 5.79. The van der Waals surface area contributed by atoms with Crippen molar-refractivity contribution in [3.63, 3.8) is 0 Å². The lowest BCUT2D eigenvalue weighted by atomic mass is 9.98. The van der Waals surface area contributed by atoms with Crippen molar-refractivity contribution in [1.29, 1.82) is 0 Å². The van der Waals surface area contributed by atoms with Crippen LogP contribution in [0, 0.1) is 6.92 Å². The Morgan fingerprint density at radius 2 is 1.95 bits per heavy atom. The number of carbonyl (C=O) groups is 2. The molecule has 5 nitrogen and oxygen atoms in total. The first-order chi connectivity index (χ1) is 8.90. The first-order valence-corrected chi connectivity index (χ1v) is 6.07. The molecule has 1 aromatic carbocycles. The zero-order valence-electron chi connectivity index (χ0n) is 11.4. The molecule has 0 aliphatic heterocycles. The maximum Gasteiger partial charge on any atom is 0.344 e. The van der Waals surface area contributed by atoms with Crippen molar-refractivity contribution in [2.75, 3.05) is 13.2 Å². The summed E-state index contributed by atoms with van der Waals surface area (Å²) in [6.07, 6.45) is 0. The highest BCUT2D eigenvalue weighted by atomic mass is 16.6. The Kier molecular flexibility index (Phi) is 5.36. The highest BCUT2D eigenvalue weighted by Crippen LogP contribution is 2.23. The van der Waals surface area contributed by atoms with E-state index in [1.54, 1.807) is 0 Å². The highest BCUT2D eigenvalue weighted by Gasteiger charge is 2.08. The summed E-state index contributed by atoms with van der Waals surface area (Å²) < 4.78 is 9.87. The Bertz CT molecular complexity index is 469. The van der Waals surface area contributed by atoms with E-state index < -0.39 is 18.5 Å². The molecular weight excluding hydrogens is 246 g/mol. The van der Waals surface area contributed by atoms with Gasteiger partial charge in [-0.05, 0) is 36.1 Å². The molecule has 104 valence electrons. The summed E-state index contributed by atoms with van der Waals surface area (Å²) in [5.41, 5.74) is 7.20. The van der Waals surface area contributed by atoms with Gasteiger partial charge in [-0.3, -0.25) is 4.79 Å². The van der Waals surface area contributed by atoms with Gasteiger partial charge in [-0.25, -0.2) is 4.79 Å². The molecule has 0 aliphatic rings. The number of aryl methyl sites for hydroxylation is 1. The van der Waals surface area contributed by atoms with Gasteiger partial charge >= 0.3 is 5.97 Å². The number of rotatable bonds is 6. The molecule has 0 bridgehead atoms. The third-order valence-electron chi connectivity index (χ3n) is 2.60. The van der Waals surface area contributed by atoms with Crippen LogP contribution in [0.2, 0.25) is 0 Å². The van der Waals surface area contributed by atoms with Crippen LogP contribution >= 0.6 is 0 Å². The van der Waals surface area contributed by atoms with E-state index in [1.807, 2.05) is 25.1 Å². The standard InChI is InChI=1S/C14H19NO4/c1-9(2)12-5-4-11(6-10(12)3)18-8-14(17)19-7-13(15)16/h4-6,9H,7-8H2,1-3H3,(H2,15,16). The Balaban J connectivity index is 2.52. The van der Waals surface area contributed by atoms with Crippen LogP contribution in [0.5, 0.6) is 5.75 Å². The van der Waals surface area contributed by atoms with Crippen molar-refractivity contribution in [1.82, 2.24) is 0 Å². The quantitative estimate of drug-likeness (QED) is 0.791. The van der Waals surface area contributed by atoms with Gasteiger partial charge in [-0.15, -0.1) is 0 Å². The summed E-state index contributed by atoms with van der Waals surface area (Å²) in [6.45, 7) is 5.56. The van der Waals surface area contributed by atoms with Crippen molar-refractivity contribution < 1.29 is 19.1 Å². The average Bonchev–Trinajstić information content (AvgIpc) is 2.33. The normalized spacial score (nSPS) is 10.3. The SMILES string of the molecule is Cc1cc(OCC(=O)OCC(N)=O)ccc1C(C)C. The Morgan fingerprint density at radius 3 is 2.47 bits per heavy atom. The number of ether oxygens (including phenoxy) is 2. The average molecular weight is 265 g/mol. The number of primary amides is 1. The molecule has 1 rings (SSSR count). The van der Waals surface area contributed by atoms with Crippen molar-refractivity contribution in [2.45, 2.75) is 26.7 Å². The van der Waals surface area contributed by atoms with Gasteiger partial charge in [0.15, 0.2) is 13.2 Å². The van der Waals surface area contributed by atoms with E-state index in [0.717, 1.165) is 5.56 Å². The first kappa shape index (κ1) is 15.0. The lowest BCUT2D eigenvalue weighted by Gasteiger charge is -2.12. The van der Waals surface area contributed by atoms with Gasteiger partial charge in [-0.2, -0.15) is 0 Å². The van der Waals surface area contributed by atoms with Gasteiger partial charge in [0, 0.05) is 0 Å². The second-order valence-electron chi connectivity index (χ2n) is 4.59. The third-order valence-corrected chi connectivity index (χ3v) is 2.60. The van der Waals surface area contributed by atoms with Crippen molar-refractivity contribution >= 4 is 11.9 Å². The van der Waals surface area contributed by atoms with Crippen LogP contribution in [0.3, 0.4) is 0 Å². The first-order valence-electron chi connectivity index (χ1n) is 6.07. The van der Waals surface area contributed by atoms with Crippen LogP contribution in [0.15, 0.2) is 18.2 Å². The maximum absolute atomic E-state index is 11.2. The number of amides is 1. The minimum atomic E-state index is -0.689. The molecule has 0 saturated heterocycles. The number of esters is 1. The van der Waals surface area contributed by atoms with Crippen molar-refractivity contribution in [3.8, 4) is 5.75 Å². The number of carbonyl (C=O) groups excluding carboxylic acids is 2. The predicted octanol–water partition coefficient (Wildman–Crippen LogP) is 1.53. The predicted molar refractivity (Wildman–Crippen MR) is 70.9 cm³/mol. The summed E-state index contributed by atoms with van der Waals surface area (Å²) in [6, 6.07) is 5.66. The Morgan fingerprint density at radius 1 is 1.26 bits per heavy atom. The summed E-state index contributed by atoms with van der Waals surface area (Å²) >= 11 is 0. The maximum atomic E-state index is 11.2. The van der Waals surface area contributed by atoms with Crippen LogP contribution in [-0.4, -0.2) is 25.1 Å². The second kappa shape index (κ2) is 6.78. The monoisotopic (exact) mass is 265 g/mol. The fourth-order valence-electron chi connectivity index (χ4n) is 1.72. The Hall–Kier alpha value is -2.04. The summed E-state index contributed by atoms with van der Waals surface area (Å²) in [4.78, 5) is 21.7. The molecular formula is C14H19NO4. The van der Waals surface area contributed by atoms with Crippen LogP contribution in [0.25, 0.3) is 0 Å². The lowest BCUT2D eigenvalue weighted by Crippen LogP contribution is -2.23. The van der Waals surface area contributed by atoms with Gasteiger partial charge in [0.05, 0.1) is 0 Å². The van der Waals surface area contributed by atoms with E-state index >= 15 is 0 Å². The van der Waals surface area contributed by atoms with Gasteiger partial charge in [0.1, 0.15) is 5.75 Å². The number of benzene rings is 1. The zero-order valence-corrected chi connectivity index (χ0v) is 11.4. The molecule has 0 aliphatic carbocycles. The molecule has 2 N–H and O–H groups in total. The van der Waals surface area contributed by atoms with E-state index in [2.05, 4.69) is 18.6 Å². The summed E-state index contributed by atoms with van der Waals surface area (Å²) in [7, 11) is 0. The smallest absolute Gasteiger partial charge is 0.344 e. The zero-order chi connectivity index (χ0) is 14.4. The second-order valence-corrected chi connectivity index (χ2v) is 4.59. The van der Waals surface area contributed by atoms with E-state index in [-0.39, 0.29) is 6.61 Å². The molecule has 1 aromatic rings. The fraction of sp³-hybridized carbons (Fsp3) is 0.429. The number of nitrogens with two attached hydrogens (primary N) is 1. The van der Waals surface area contributed by atoms with Gasteiger partial charge in [0.25, 0.3) is 5.91 Å². The van der Waals surface area contributed by atoms with E-state index in [0.29, 0.717) is 11.7 Å². The van der Waals surface area contributed by atoms with Crippen LogP contribution in [-0.2, 0) is 14.3 Å². The molecule has 0 unspecified atom stereocenters. The molecule has 0 radical (unpaired) electrons. The lowest BCUT2D eigenvalue weighted by molar-refractivity contribution is -0.149. The minimum absolute atomic E-state index is 0.242. The van der Waals surface area contributed by atoms with Crippen LogP contribution in [0.1, 0.15) is 30.9 Å².